The average Bonchev–Trinajstić information content (AvgIpc) is 3.12. The van der Waals surface area contributed by atoms with Crippen LogP contribution < -0.4 is 4.90 Å². The molecule has 4 rings (SSSR count). The second kappa shape index (κ2) is 8.51. The van der Waals surface area contributed by atoms with Gasteiger partial charge in [0.1, 0.15) is 5.82 Å². The summed E-state index contributed by atoms with van der Waals surface area (Å²) in [5, 5.41) is 10.3. The first-order valence-corrected chi connectivity index (χ1v) is 10.3. The fourth-order valence-electron chi connectivity index (χ4n) is 3.17. The predicted molar refractivity (Wildman–Crippen MR) is 110 cm³/mol. The van der Waals surface area contributed by atoms with Gasteiger partial charge in [-0.05, 0) is 36.8 Å². The van der Waals surface area contributed by atoms with Crippen molar-refractivity contribution in [3.8, 4) is 5.69 Å². The van der Waals surface area contributed by atoms with Gasteiger partial charge in [-0.3, -0.25) is 4.57 Å². The van der Waals surface area contributed by atoms with Crippen LogP contribution in [-0.4, -0.2) is 41.1 Å². The lowest BCUT2D eigenvalue weighted by Gasteiger charge is -2.28. The van der Waals surface area contributed by atoms with Crippen molar-refractivity contribution in [2.24, 2.45) is 0 Å². The zero-order chi connectivity index (χ0) is 19.5. The van der Waals surface area contributed by atoms with Gasteiger partial charge >= 0.3 is 0 Å². The summed E-state index contributed by atoms with van der Waals surface area (Å²) < 4.78 is 21.3. The first-order valence-electron chi connectivity index (χ1n) is 9.08. The van der Waals surface area contributed by atoms with Crippen molar-refractivity contribution in [1.82, 2.24) is 14.8 Å². The smallest absolute Gasteiger partial charge is 0.232 e. The maximum absolute atomic E-state index is 13.9. The standard InChI is InChI=1S/C20H20ClFN4OS/c1-14(17-7-2-3-8-18(17)21)28-20-24-23-19(25-9-11-27-12-10-25)26(20)16-6-4-5-15(22)13-16/h2-8,13-14H,9-12H2,1H3/t14-/m1/s1. The minimum atomic E-state index is -0.297. The molecule has 0 unspecified atom stereocenters. The Labute approximate surface area is 172 Å². The van der Waals surface area contributed by atoms with Crippen LogP contribution in [0.1, 0.15) is 17.7 Å². The summed E-state index contributed by atoms with van der Waals surface area (Å²) in [6.07, 6.45) is 0. The Kier molecular flexibility index (Phi) is 5.85. The maximum atomic E-state index is 13.9. The van der Waals surface area contributed by atoms with E-state index in [9.17, 15) is 4.39 Å². The van der Waals surface area contributed by atoms with Crippen LogP contribution in [0, 0.1) is 5.82 Å². The van der Waals surface area contributed by atoms with Crippen LogP contribution in [0.25, 0.3) is 5.69 Å². The summed E-state index contributed by atoms with van der Waals surface area (Å²) in [4.78, 5) is 2.12. The van der Waals surface area contributed by atoms with E-state index in [0.717, 1.165) is 18.7 Å². The molecule has 2 heterocycles. The van der Waals surface area contributed by atoms with Gasteiger partial charge in [-0.15, -0.1) is 10.2 Å². The third-order valence-corrected chi connectivity index (χ3v) is 6.03. The lowest BCUT2D eigenvalue weighted by Crippen LogP contribution is -2.37. The van der Waals surface area contributed by atoms with E-state index in [4.69, 9.17) is 16.3 Å². The molecule has 1 saturated heterocycles. The number of hydrogen-bond donors (Lipinski definition) is 0. The van der Waals surface area contributed by atoms with Gasteiger partial charge < -0.3 is 9.64 Å². The van der Waals surface area contributed by atoms with Crippen molar-refractivity contribution >= 4 is 29.3 Å². The molecule has 0 N–H and O–H groups in total. The van der Waals surface area contributed by atoms with Gasteiger partial charge in [-0.25, -0.2) is 4.39 Å². The lowest BCUT2D eigenvalue weighted by molar-refractivity contribution is 0.122. The number of benzene rings is 2. The summed E-state index contributed by atoms with van der Waals surface area (Å²) in [5.74, 6) is 0.400. The molecule has 1 aromatic heterocycles. The van der Waals surface area contributed by atoms with Crippen LogP contribution in [0.5, 0.6) is 0 Å². The Morgan fingerprint density at radius 2 is 1.89 bits per heavy atom. The Hall–Kier alpha value is -2.09. The Morgan fingerprint density at radius 1 is 1.11 bits per heavy atom. The zero-order valence-electron chi connectivity index (χ0n) is 15.4. The molecule has 1 aliphatic rings. The van der Waals surface area contributed by atoms with Crippen LogP contribution in [0.15, 0.2) is 53.7 Å². The zero-order valence-corrected chi connectivity index (χ0v) is 17.0. The number of nitrogens with zero attached hydrogens (tertiary/aromatic N) is 4. The number of anilines is 1. The monoisotopic (exact) mass is 418 g/mol. The number of halogens is 2. The minimum absolute atomic E-state index is 0.0581. The fourth-order valence-corrected chi connectivity index (χ4v) is 4.57. The average molecular weight is 419 g/mol. The van der Waals surface area contributed by atoms with E-state index in [1.165, 1.54) is 12.1 Å². The number of hydrogen-bond acceptors (Lipinski definition) is 5. The summed E-state index contributed by atoms with van der Waals surface area (Å²) in [6, 6.07) is 14.2. The van der Waals surface area contributed by atoms with Gasteiger partial charge in [0.15, 0.2) is 5.16 Å². The molecule has 1 fully saturated rings. The molecule has 0 bridgehead atoms. The van der Waals surface area contributed by atoms with E-state index in [-0.39, 0.29) is 11.1 Å². The van der Waals surface area contributed by atoms with E-state index in [1.54, 1.807) is 17.8 Å². The molecule has 0 saturated carbocycles. The second-order valence-corrected chi connectivity index (χ2v) is 8.19. The number of thioether (sulfide) groups is 1. The topological polar surface area (TPSA) is 43.2 Å². The van der Waals surface area contributed by atoms with E-state index in [1.807, 2.05) is 34.9 Å². The molecule has 0 amide bonds. The van der Waals surface area contributed by atoms with Gasteiger partial charge in [0.2, 0.25) is 5.95 Å². The van der Waals surface area contributed by atoms with Gasteiger partial charge in [0, 0.05) is 23.4 Å². The third kappa shape index (κ3) is 4.01. The Balaban J connectivity index is 1.72. The van der Waals surface area contributed by atoms with Crippen molar-refractivity contribution in [3.63, 3.8) is 0 Å². The molecule has 28 heavy (non-hydrogen) atoms. The molecule has 5 nitrogen and oxygen atoms in total. The molecule has 8 heteroatoms. The number of aromatic nitrogens is 3. The van der Waals surface area contributed by atoms with Gasteiger partial charge in [-0.2, -0.15) is 0 Å². The first kappa shape index (κ1) is 19.2. The molecule has 0 aliphatic carbocycles. The molecule has 146 valence electrons. The quantitative estimate of drug-likeness (QED) is 0.559. The van der Waals surface area contributed by atoms with E-state index in [2.05, 4.69) is 22.0 Å². The van der Waals surface area contributed by atoms with E-state index >= 15 is 0 Å². The Morgan fingerprint density at radius 3 is 2.64 bits per heavy atom. The van der Waals surface area contributed by atoms with Gasteiger partial charge in [0.25, 0.3) is 0 Å². The van der Waals surface area contributed by atoms with E-state index in [0.29, 0.717) is 35.0 Å². The molecule has 3 aromatic rings. The van der Waals surface area contributed by atoms with Gasteiger partial charge in [-0.1, -0.05) is 47.6 Å². The highest BCUT2D eigenvalue weighted by atomic mass is 35.5. The second-order valence-electron chi connectivity index (χ2n) is 6.48. The van der Waals surface area contributed by atoms with Crippen LogP contribution in [0.4, 0.5) is 10.3 Å². The van der Waals surface area contributed by atoms with Crippen molar-refractivity contribution in [3.05, 3.63) is 64.9 Å². The Bertz CT molecular complexity index is 961. The molecular weight excluding hydrogens is 399 g/mol. The molecular formula is C20H20ClFN4OS. The number of morpholine rings is 1. The number of ether oxygens (including phenoxy) is 1. The normalized spacial score (nSPS) is 15.6. The molecule has 0 radical (unpaired) electrons. The highest BCUT2D eigenvalue weighted by molar-refractivity contribution is 7.99. The van der Waals surface area contributed by atoms with Crippen LogP contribution in [-0.2, 0) is 4.74 Å². The number of rotatable bonds is 5. The summed E-state index contributed by atoms with van der Waals surface area (Å²) >= 11 is 7.91. The van der Waals surface area contributed by atoms with Crippen LogP contribution >= 0.6 is 23.4 Å². The largest absolute Gasteiger partial charge is 0.378 e. The maximum Gasteiger partial charge on any atom is 0.232 e. The summed E-state index contributed by atoms with van der Waals surface area (Å²) in [6.45, 7) is 4.78. The molecule has 1 aliphatic heterocycles. The van der Waals surface area contributed by atoms with Crippen LogP contribution in [0.2, 0.25) is 5.02 Å². The predicted octanol–water partition coefficient (Wildman–Crippen LogP) is 4.75. The third-order valence-electron chi connectivity index (χ3n) is 4.60. The van der Waals surface area contributed by atoms with Crippen molar-refractivity contribution in [1.29, 1.82) is 0 Å². The minimum Gasteiger partial charge on any atom is -0.378 e. The van der Waals surface area contributed by atoms with Crippen LogP contribution in [0.3, 0.4) is 0 Å². The lowest BCUT2D eigenvalue weighted by atomic mass is 10.2. The SMILES string of the molecule is C[C@@H](Sc1nnc(N2CCOCC2)n1-c1cccc(F)c1)c1ccccc1Cl. The van der Waals surface area contributed by atoms with Crippen molar-refractivity contribution in [2.45, 2.75) is 17.3 Å². The fraction of sp³-hybridized carbons (Fsp3) is 0.300. The highest BCUT2D eigenvalue weighted by Crippen LogP contribution is 2.39. The first-order chi connectivity index (χ1) is 13.6. The molecule has 2 aromatic carbocycles. The summed E-state index contributed by atoms with van der Waals surface area (Å²) in [7, 11) is 0. The molecule has 0 spiro atoms. The molecule has 1 atom stereocenters. The highest BCUT2D eigenvalue weighted by Gasteiger charge is 2.24. The summed E-state index contributed by atoms with van der Waals surface area (Å²) in [5.41, 5.74) is 1.72. The van der Waals surface area contributed by atoms with Crippen molar-refractivity contribution < 1.29 is 9.13 Å². The van der Waals surface area contributed by atoms with Gasteiger partial charge in [0.05, 0.1) is 18.9 Å². The van der Waals surface area contributed by atoms with Crippen molar-refractivity contribution in [2.75, 3.05) is 31.2 Å². The van der Waals surface area contributed by atoms with E-state index < -0.39 is 0 Å².